The molecule has 1 unspecified atom stereocenters. The van der Waals surface area contributed by atoms with Gasteiger partial charge in [-0.1, -0.05) is 36.4 Å². The van der Waals surface area contributed by atoms with Crippen molar-refractivity contribution in [1.82, 2.24) is 14.9 Å². The summed E-state index contributed by atoms with van der Waals surface area (Å²) in [5, 5.41) is 3.09. The summed E-state index contributed by atoms with van der Waals surface area (Å²) in [6.07, 6.45) is 3.52. The van der Waals surface area contributed by atoms with Gasteiger partial charge < -0.3 is 25.1 Å². The largest absolute Gasteiger partial charge is 0.497 e. The average molecular weight is 471 g/mol. The number of methoxy groups -OCH3 is 1. The van der Waals surface area contributed by atoms with E-state index in [1.54, 1.807) is 55.8 Å². The number of aryl methyl sites for hydroxylation is 1. The molecule has 0 saturated heterocycles. The van der Waals surface area contributed by atoms with Gasteiger partial charge >= 0.3 is 0 Å². The molecule has 178 valence electrons. The SMILES string of the molecule is COc1cccc(C(NC(=O)c2cccc(COc3ccccc3C(N)=O)c2)c2nccn2C)c1. The minimum atomic E-state index is -0.563. The van der Waals surface area contributed by atoms with Crippen molar-refractivity contribution in [2.45, 2.75) is 12.6 Å². The Bertz CT molecular complexity index is 1350. The molecule has 4 aromatic rings. The minimum absolute atomic E-state index is 0.171. The van der Waals surface area contributed by atoms with Crippen LogP contribution < -0.4 is 20.5 Å². The van der Waals surface area contributed by atoms with Crippen molar-refractivity contribution in [3.63, 3.8) is 0 Å². The Hall–Kier alpha value is -4.59. The first-order chi connectivity index (χ1) is 17.0. The van der Waals surface area contributed by atoms with Crippen LogP contribution in [-0.2, 0) is 13.7 Å². The first-order valence-electron chi connectivity index (χ1n) is 11.0. The number of nitrogens with zero attached hydrogens (tertiary/aromatic N) is 2. The number of para-hydroxylation sites is 1. The summed E-state index contributed by atoms with van der Waals surface area (Å²) < 4.78 is 13.0. The molecule has 0 aliphatic heterocycles. The summed E-state index contributed by atoms with van der Waals surface area (Å²) in [5.74, 6) is 0.940. The average Bonchev–Trinajstić information content (AvgIpc) is 3.31. The highest BCUT2D eigenvalue weighted by Crippen LogP contribution is 2.25. The van der Waals surface area contributed by atoms with Crippen LogP contribution in [0.5, 0.6) is 11.5 Å². The second kappa shape index (κ2) is 10.6. The van der Waals surface area contributed by atoms with Gasteiger partial charge in [-0.05, 0) is 47.5 Å². The number of carbonyl (C=O) groups is 2. The highest BCUT2D eigenvalue weighted by Gasteiger charge is 2.22. The van der Waals surface area contributed by atoms with Crippen LogP contribution in [0.3, 0.4) is 0 Å². The van der Waals surface area contributed by atoms with Gasteiger partial charge in [0, 0.05) is 25.0 Å². The monoisotopic (exact) mass is 470 g/mol. The number of rotatable bonds is 9. The molecule has 2 amide bonds. The van der Waals surface area contributed by atoms with Gasteiger partial charge in [0.05, 0.1) is 12.7 Å². The first kappa shape index (κ1) is 23.6. The molecular formula is C27H26N4O4. The smallest absolute Gasteiger partial charge is 0.252 e. The van der Waals surface area contributed by atoms with Gasteiger partial charge in [0.25, 0.3) is 11.8 Å². The van der Waals surface area contributed by atoms with Crippen LogP contribution in [0.25, 0.3) is 0 Å². The van der Waals surface area contributed by atoms with E-state index in [0.717, 1.165) is 11.1 Å². The van der Waals surface area contributed by atoms with Gasteiger partial charge in [0.15, 0.2) is 0 Å². The van der Waals surface area contributed by atoms with E-state index in [4.69, 9.17) is 15.2 Å². The third kappa shape index (κ3) is 5.50. The van der Waals surface area contributed by atoms with Crippen LogP contribution in [0, 0.1) is 0 Å². The Morgan fingerprint density at radius 3 is 2.60 bits per heavy atom. The highest BCUT2D eigenvalue weighted by molar-refractivity contribution is 5.95. The van der Waals surface area contributed by atoms with Gasteiger partial charge in [-0.3, -0.25) is 9.59 Å². The quantitative estimate of drug-likeness (QED) is 0.388. The molecule has 8 nitrogen and oxygen atoms in total. The summed E-state index contributed by atoms with van der Waals surface area (Å²) in [6, 6.07) is 20.9. The van der Waals surface area contributed by atoms with Crippen LogP contribution in [-0.4, -0.2) is 28.5 Å². The van der Waals surface area contributed by atoms with E-state index >= 15 is 0 Å². The molecule has 35 heavy (non-hydrogen) atoms. The van der Waals surface area contributed by atoms with Gasteiger partial charge in [-0.25, -0.2) is 4.98 Å². The molecule has 0 aliphatic rings. The first-order valence-corrected chi connectivity index (χ1v) is 11.0. The zero-order chi connectivity index (χ0) is 24.8. The number of hydrogen-bond donors (Lipinski definition) is 2. The molecule has 0 fully saturated rings. The molecular weight excluding hydrogens is 444 g/mol. The molecule has 8 heteroatoms. The van der Waals surface area contributed by atoms with Gasteiger partial charge in [0.1, 0.15) is 30.0 Å². The number of nitrogens with one attached hydrogen (secondary N) is 1. The van der Waals surface area contributed by atoms with Crippen molar-refractivity contribution in [3.8, 4) is 11.5 Å². The zero-order valence-electron chi connectivity index (χ0n) is 19.5. The third-order valence-electron chi connectivity index (χ3n) is 5.56. The van der Waals surface area contributed by atoms with E-state index < -0.39 is 11.9 Å². The van der Waals surface area contributed by atoms with E-state index in [1.807, 2.05) is 48.1 Å². The molecule has 3 N–H and O–H groups in total. The fraction of sp³-hybridized carbons (Fsp3) is 0.148. The molecule has 0 spiro atoms. The molecule has 0 radical (unpaired) electrons. The standard InChI is InChI=1S/C27H26N4O4/c1-31-14-13-29-26(31)24(19-8-6-10-21(16-19)34-2)30-27(33)20-9-5-7-18(15-20)17-35-23-12-4-3-11-22(23)25(28)32/h3-16,24H,17H2,1-2H3,(H2,28,32)(H,30,33). The van der Waals surface area contributed by atoms with Crippen LogP contribution in [0.1, 0.15) is 43.7 Å². The van der Waals surface area contributed by atoms with E-state index in [-0.39, 0.29) is 12.5 Å². The molecule has 0 aliphatic carbocycles. The number of hydrogen-bond acceptors (Lipinski definition) is 5. The maximum absolute atomic E-state index is 13.3. The van der Waals surface area contributed by atoms with E-state index in [2.05, 4.69) is 10.3 Å². The molecule has 0 saturated carbocycles. The summed E-state index contributed by atoms with van der Waals surface area (Å²) >= 11 is 0. The molecule has 3 aromatic carbocycles. The number of carbonyl (C=O) groups excluding carboxylic acids is 2. The van der Waals surface area contributed by atoms with Crippen molar-refractivity contribution >= 4 is 11.8 Å². The second-order valence-corrected chi connectivity index (χ2v) is 7.93. The fourth-order valence-electron chi connectivity index (χ4n) is 3.75. The zero-order valence-corrected chi connectivity index (χ0v) is 19.5. The lowest BCUT2D eigenvalue weighted by molar-refractivity contribution is 0.0940. The van der Waals surface area contributed by atoms with Crippen molar-refractivity contribution in [2.24, 2.45) is 12.8 Å². The fourth-order valence-corrected chi connectivity index (χ4v) is 3.75. The number of ether oxygens (including phenoxy) is 2. The Morgan fingerprint density at radius 1 is 1.06 bits per heavy atom. The Morgan fingerprint density at radius 2 is 1.86 bits per heavy atom. The maximum atomic E-state index is 13.3. The van der Waals surface area contributed by atoms with Crippen LogP contribution in [0.2, 0.25) is 0 Å². The number of benzene rings is 3. The summed E-state index contributed by atoms with van der Waals surface area (Å²) in [7, 11) is 3.48. The predicted octanol–water partition coefficient (Wildman–Crippen LogP) is 3.63. The van der Waals surface area contributed by atoms with Gasteiger partial charge in [0.2, 0.25) is 0 Å². The third-order valence-corrected chi connectivity index (χ3v) is 5.56. The normalized spacial score (nSPS) is 11.5. The second-order valence-electron chi connectivity index (χ2n) is 7.93. The number of primary amides is 1. The Kier molecular flexibility index (Phi) is 7.11. The molecule has 0 bridgehead atoms. The molecule has 1 heterocycles. The summed E-state index contributed by atoms with van der Waals surface area (Å²) in [5.41, 5.74) is 7.81. The van der Waals surface area contributed by atoms with Crippen LogP contribution in [0.15, 0.2) is 85.2 Å². The van der Waals surface area contributed by atoms with E-state index in [0.29, 0.717) is 28.5 Å². The van der Waals surface area contributed by atoms with Crippen LogP contribution >= 0.6 is 0 Å². The van der Waals surface area contributed by atoms with E-state index in [9.17, 15) is 9.59 Å². The molecule has 1 atom stereocenters. The predicted molar refractivity (Wildman–Crippen MR) is 131 cm³/mol. The maximum Gasteiger partial charge on any atom is 0.252 e. The lowest BCUT2D eigenvalue weighted by Gasteiger charge is -2.20. The highest BCUT2D eigenvalue weighted by atomic mass is 16.5. The summed E-state index contributed by atoms with van der Waals surface area (Å²) in [6.45, 7) is 0.171. The molecule has 4 rings (SSSR count). The molecule has 1 aromatic heterocycles. The van der Waals surface area contributed by atoms with Gasteiger partial charge in [-0.2, -0.15) is 0 Å². The van der Waals surface area contributed by atoms with Gasteiger partial charge in [-0.15, -0.1) is 0 Å². The van der Waals surface area contributed by atoms with Crippen molar-refractivity contribution in [2.75, 3.05) is 7.11 Å². The number of nitrogens with two attached hydrogens (primary N) is 1. The van der Waals surface area contributed by atoms with Crippen molar-refractivity contribution in [3.05, 3.63) is 113 Å². The Labute approximate surface area is 203 Å². The van der Waals surface area contributed by atoms with Crippen molar-refractivity contribution in [1.29, 1.82) is 0 Å². The summed E-state index contributed by atoms with van der Waals surface area (Å²) in [4.78, 5) is 29.4. The number of aromatic nitrogens is 2. The number of amides is 2. The minimum Gasteiger partial charge on any atom is -0.497 e. The van der Waals surface area contributed by atoms with Crippen LogP contribution in [0.4, 0.5) is 0 Å². The Balaban J connectivity index is 1.55. The van der Waals surface area contributed by atoms with Crippen molar-refractivity contribution < 1.29 is 19.1 Å². The lowest BCUT2D eigenvalue weighted by Crippen LogP contribution is -2.31. The lowest BCUT2D eigenvalue weighted by atomic mass is 10.0. The number of imidazole rings is 1. The topological polar surface area (TPSA) is 108 Å². The van der Waals surface area contributed by atoms with E-state index in [1.165, 1.54) is 0 Å².